The molecule has 0 unspecified atom stereocenters. The number of thiophene rings is 2. The average molecular weight is 554 g/mol. The molecule has 16 heteroatoms. The molecule has 0 spiro atoms. The summed E-state index contributed by atoms with van der Waals surface area (Å²) in [6, 6.07) is 2.01. The summed E-state index contributed by atoms with van der Waals surface area (Å²) in [5.41, 5.74) is 0.414. The number of piperidine rings is 2. The van der Waals surface area contributed by atoms with Crippen LogP contribution in [0.4, 0.5) is 37.8 Å². The molecule has 3 aromatic heterocycles. The van der Waals surface area contributed by atoms with E-state index in [-0.39, 0.29) is 11.3 Å². The van der Waals surface area contributed by atoms with Crippen molar-refractivity contribution in [1.29, 1.82) is 0 Å². The summed E-state index contributed by atoms with van der Waals surface area (Å²) in [6.45, 7) is 1.72. The van der Waals surface area contributed by atoms with Crippen LogP contribution in [0.25, 0.3) is 10.3 Å². The van der Waals surface area contributed by atoms with Gasteiger partial charge in [0.25, 0.3) is 5.91 Å². The van der Waals surface area contributed by atoms with Gasteiger partial charge in [0.1, 0.15) is 21.0 Å². The SMILES string of the molecule is O=C(Nc1ccsc1C(F)(F)F)c1csc2ncc(N3C[C@H]4CC[C@@H]3CN4)nc12.O=C(O)C(F)(F)F. The summed E-state index contributed by atoms with van der Waals surface area (Å²) >= 11 is 1.80. The van der Waals surface area contributed by atoms with Crippen LogP contribution < -0.4 is 15.5 Å². The third-order valence-corrected chi connectivity index (χ3v) is 7.41. The van der Waals surface area contributed by atoms with Gasteiger partial charge >= 0.3 is 18.3 Å². The number of hydrogen-bond donors (Lipinski definition) is 3. The molecule has 3 aromatic rings. The summed E-state index contributed by atoms with van der Waals surface area (Å²) in [6.07, 6.45) is -5.68. The highest BCUT2D eigenvalue weighted by molar-refractivity contribution is 7.17. The number of amides is 1. The van der Waals surface area contributed by atoms with Gasteiger partial charge in [-0.2, -0.15) is 26.3 Å². The highest BCUT2D eigenvalue weighted by Crippen LogP contribution is 2.39. The van der Waals surface area contributed by atoms with Gasteiger partial charge < -0.3 is 20.6 Å². The molecule has 36 heavy (non-hydrogen) atoms. The molecule has 194 valence electrons. The number of hydrogen-bond acceptors (Lipinski definition) is 8. The van der Waals surface area contributed by atoms with E-state index >= 15 is 0 Å². The predicted molar refractivity (Wildman–Crippen MR) is 121 cm³/mol. The van der Waals surface area contributed by atoms with Crippen molar-refractivity contribution >= 4 is 56.4 Å². The number of rotatable bonds is 3. The molecule has 6 heterocycles. The first kappa shape index (κ1) is 26.1. The van der Waals surface area contributed by atoms with E-state index in [0.717, 1.165) is 25.9 Å². The molecule has 0 aromatic carbocycles. The van der Waals surface area contributed by atoms with Crippen LogP contribution in [0.5, 0.6) is 0 Å². The van der Waals surface area contributed by atoms with E-state index in [2.05, 4.69) is 25.5 Å². The zero-order chi connectivity index (χ0) is 26.3. The number of anilines is 2. The standard InChI is InChI=1S/C18H16F3N5OS2.C2HF3O2/c19-18(20,21)15-12(3-4-28-15)24-16(27)11-8-29-17-14(11)25-13(6-23-17)26-7-9-1-2-10(26)5-22-9;3-2(4,5)1(6)7/h3-4,6,8-10,22H,1-2,5,7H2,(H,24,27);(H,6,7)/t9-,10-;/m1./s1. The fraction of sp³-hybridized carbons (Fsp3) is 0.400. The van der Waals surface area contributed by atoms with Crippen molar-refractivity contribution in [1.82, 2.24) is 15.3 Å². The largest absolute Gasteiger partial charge is 0.490 e. The summed E-state index contributed by atoms with van der Waals surface area (Å²) in [7, 11) is 0. The second-order valence-corrected chi connectivity index (χ2v) is 9.71. The number of aliphatic carboxylic acids is 1. The van der Waals surface area contributed by atoms with Crippen molar-refractivity contribution in [3.05, 3.63) is 33.5 Å². The van der Waals surface area contributed by atoms with E-state index in [1.807, 2.05) is 0 Å². The van der Waals surface area contributed by atoms with Crippen LogP contribution in [-0.4, -0.2) is 58.3 Å². The van der Waals surface area contributed by atoms with E-state index in [1.54, 1.807) is 11.6 Å². The van der Waals surface area contributed by atoms with Crippen molar-refractivity contribution in [3.63, 3.8) is 0 Å². The Bertz CT molecular complexity index is 1270. The van der Waals surface area contributed by atoms with E-state index in [4.69, 9.17) is 9.90 Å². The normalized spacial score (nSPS) is 19.7. The maximum Gasteiger partial charge on any atom is 0.490 e. The summed E-state index contributed by atoms with van der Waals surface area (Å²) in [4.78, 5) is 32.7. The van der Waals surface area contributed by atoms with Crippen molar-refractivity contribution in [3.8, 4) is 0 Å². The highest BCUT2D eigenvalue weighted by Gasteiger charge is 2.38. The van der Waals surface area contributed by atoms with Crippen LogP contribution in [-0.2, 0) is 11.0 Å². The maximum absolute atomic E-state index is 13.1. The first-order chi connectivity index (χ1) is 16.8. The van der Waals surface area contributed by atoms with Gasteiger partial charge in [-0.1, -0.05) is 0 Å². The highest BCUT2D eigenvalue weighted by atomic mass is 32.1. The number of alkyl halides is 6. The number of halogens is 6. The molecule has 3 saturated heterocycles. The number of fused-ring (bicyclic) bond motifs is 4. The molecule has 6 rings (SSSR count). The Hall–Kier alpha value is -2.98. The third kappa shape index (κ3) is 5.54. The minimum atomic E-state index is -5.08. The van der Waals surface area contributed by atoms with Crippen molar-refractivity contribution < 1.29 is 41.0 Å². The van der Waals surface area contributed by atoms with E-state index in [0.29, 0.717) is 39.6 Å². The number of carboxylic acids is 1. The zero-order valence-corrected chi connectivity index (χ0v) is 19.6. The molecule has 0 saturated carbocycles. The predicted octanol–water partition coefficient (Wildman–Crippen LogP) is 4.60. The topological polar surface area (TPSA) is 107 Å². The summed E-state index contributed by atoms with van der Waals surface area (Å²) in [5, 5.41) is 15.9. The van der Waals surface area contributed by atoms with Crippen LogP contribution in [0.2, 0.25) is 0 Å². The van der Waals surface area contributed by atoms with Crippen molar-refractivity contribution in [2.45, 2.75) is 37.3 Å². The van der Waals surface area contributed by atoms with Gasteiger partial charge in [0.05, 0.1) is 17.4 Å². The first-order valence-corrected chi connectivity index (χ1v) is 12.1. The fourth-order valence-electron chi connectivity index (χ4n) is 3.91. The second kappa shape index (κ2) is 9.82. The van der Waals surface area contributed by atoms with E-state index in [9.17, 15) is 31.1 Å². The molecule has 8 nitrogen and oxygen atoms in total. The number of aromatic nitrogens is 2. The number of piperazine rings is 1. The van der Waals surface area contributed by atoms with Gasteiger partial charge in [-0.25, -0.2) is 14.8 Å². The molecule has 3 aliphatic heterocycles. The van der Waals surface area contributed by atoms with Crippen LogP contribution in [0.3, 0.4) is 0 Å². The van der Waals surface area contributed by atoms with E-state index < -0.39 is 29.1 Å². The summed E-state index contributed by atoms with van der Waals surface area (Å²) < 4.78 is 71.0. The molecule has 1 amide bonds. The fourth-order valence-corrected chi connectivity index (χ4v) is 5.46. The number of nitrogens with one attached hydrogen (secondary N) is 2. The molecule has 3 fully saturated rings. The van der Waals surface area contributed by atoms with Gasteiger partial charge in [-0.3, -0.25) is 4.79 Å². The van der Waals surface area contributed by atoms with Crippen LogP contribution in [0.15, 0.2) is 23.0 Å². The maximum atomic E-state index is 13.1. The zero-order valence-electron chi connectivity index (χ0n) is 18.0. The van der Waals surface area contributed by atoms with Crippen molar-refractivity contribution in [2.24, 2.45) is 0 Å². The lowest BCUT2D eigenvalue weighted by atomic mass is 9.93. The quantitative estimate of drug-likeness (QED) is 0.407. The molecule has 2 bridgehead atoms. The Morgan fingerprint density at radius 1 is 1.17 bits per heavy atom. The van der Waals surface area contributed by atoms with Gasteiger partial charge in [0.15, 0.2) is 0 Å². The summed E-state index contributed by atoms with van der Waals surface area (Å²) in [5.74, 6) is -2.67. The molecular weight excluding hydrogens is 536 g/mol. The van der Waals surface area contributed by atoms with Crippen LogP contribution in [0.1, 0.15) is 28.1 Å². The molecule has 0 aliphatic carbocycles. The Morgan fingerprint density at radius 2 is 1.89 bits per heavy atom. The Labute approximate surface area is 207 Å². The average Bonchev–Trinajstić information content (AvgIpc) is 3.46. The number of nitrogens with zero attached hydrogens (tertiary/aromatic N) is 3. The van der Waals surface area contributed by atoms with Gasteiger partial charge in [0.2, 0.25) is 0 Å². The van der Waals surface area contributed by atoms with Crippen LogP contribution >= 0.6 is 22.7 Å². The Morgan fingerprint density at radius 3 is 2.44 bits per heavy atom. The minimum Gasteiger partial charge on any atom is -0.475 e. The molecule has 0 radical (unpaired) electrons. The van der Waals surface area contributed by atoms with Gasteiger partial charge in [0, 0.05) is 30.6 Å². The molecule has 2 atom stereocenters. The minimum absolute atomic E-state index is 0.235. The number of carbonyl (C=O) groups excluding carboxylic acids is 1. The smallest absolute Gasteiger partial charge is 0.475 e. The monoisotopic (exact) mass is 553 g/mol. The Kier molecular flexibility index (Phi) is 7.12. The lowest BCUT2D eigenvalue weighted by Crippen LogP contribution is -2.61. The van der Waals surface area contributed by atoms with Gasteiger partial charge in [-0.15, -0.1) is 22.7 Å². The lowest BCUT2D eigenvalue weighted by molar-refractivity contribution is -0.192. The lowest BCUT2D eigenvalue weighted by Gasteiger charge is -2.46. The number of carboxylic acid groups (broad SMARTS) is 1. The third-order valence-electron chi connectivity index (χ3n) is 5.57. The van der Waals surface area contributed by atoms with Crippen LogP contribution in [0, 0.1) is 0 Å². The molecule has 3 aliphatic rings. The number of carbonyl (C=O) groups is 2. The van der Waals surface area contributed by atoms with E-state index in [1.165, 1.54) is 22.8 Å². The molecular formula is C20H17F6N5O3S2. The first-order valence-electron chi connectivity index (χ1n) is 10.3. The van der Waals surface area contributed by atoms with Crippen molar-refractivity contribution in [2.75, 3.05) is 23.3 Å². The van der Waals surface area contributed by atoms with Gasteiger partial charge in [-0.05, 0) is 24.3 Å². The second-order valence-electron chi connectivity index (χ2n) is 7.94. The molecule has 3 N–H and O–H groups in total. The Balaban J connectivity index is 0.000000384.